The highest BCUT2D eigenvalue weighted by molar-refractivity contribution is 5.95. The number of ether oxygens (including phenoxy) is 2. The number of imide groups is 1. The number of amides is 3. The Kier molecular flexibility index (Phi) is 5.53. The molecule has 0 bridgehead atoms. The van der Waals surface area contributed by atoms with Crippen LogP contribution in [0.25, 0.3) is 0 Å². The van der Waals surface area contributed by atoms with Crippen LogP contribution in [-0.4, -0.2) is 68.1 Å². The van der Waals surface area contributed by atoms with Crippen LogP contribution in [0.2, 0.25) is 0 Å². The Labute approximate surface area is 133 Å². The van der Waals surface area contributed by atoms with Gasteiger partial charge in [0, 0.05) is 11.8 Å². The zero-order valence-corrected chi connectivity index (χ0v) is 13.1. The lowest BCUT2D eigenvalue weighted by atomic mass is 10.3. The molecule has 0 radical (unpaired) electrons. The molecule has 0 spiro atoms. The minimum Gasteiger partial charge on any atom is -0.497 e. The molecule has 1 heterocycles. The van der Waals surface area contributed by atoms with E-state index in [-0.39, 0.29) is 38.1 Å². The summed E-state index contributed by atoms with van der Waals surface area (Å²) in [6.45, 7) is 0.443. The molecule has 1 aliphatic rings. The highest BCUT2D eigenvalue weighted by atomic mass is 16.6. The molecule has 23 heavy (non-hydrogen) atoms. The molecule has 1 saturated heterocycles. The van der Waals surface area contributed by atoms with Crippen molar-refractivity contribution in [1.82, 2.24) is 9.80 Å². The monoisotopic (exact) mass is 321 g/mol. The van der Waals surface area contributed by atoms with E-state index < -0.39 is 6.09 Å². The number of likely N-dealkylation sites (N-methyl/N-ethyl adjacent to an activating group) is 1. The molecule has 0 saturated carbocycles. The molecule has 3 amide bonds. The Morgan fingerprint density at radius 3 is 2.83 bits per heavy atom. The Morgan fingerprint density at radius 1 is 1.39 bits per heavy atom. The second-order valence-corrected chi connectivity index (χ2v) is 5.11. The number of hydrogen-bond donors (Lipinski definition) is 1. The number of hydrogen-bond acceptors (Lipinski definition) is 6. The summed E-state index contributed by atoms with van der Waals surface area (Å²) in [6, 6.07) is 6.98. The van der Waals surface area contributed by atoms with Crippen LogP contribution in [0, 0.1) is 0 Å². The maximum absolute atomic E-state index is 12.0. The molecule has 2 rings (SSSR count). The fourth-order valence-electron chi connectivity index (χ4n) is 2.14. The second kappa shape index (κ2) is 7.59. The van der Waals surface area contributed by atoms with E-state index in [1.54, 1.807) is 38.4 Å². The van der Waals surface area contributed by atoms with Gasteiger partial charge >= 0.3 is 6.09 Å². The Bertz CT molecular complexity index is 605. The molecular weight excluding hydrogens is 302 g/mol. The maximum Gasteiger partial charge on any atom is 0.416 e. The number of carbonyl (C=O) groups excluding carboxylic acids is 3. The van der Waals surface area contributed by atoms with E-state index >= 15 is 0 Å². The summed E-state index contributed by atoms with van der Waals surface area (Å²) in [6.07, 6.45) is -0.635. The topological polar surface area (TPSA) is 88.2 Å². The first-order valence-electron chi connectivity index (χ1n) is 7.09. The molecule has 8 nitrogen and oxygen atoms in total. The predicted octanol–water partition coefficient (Wildman–Crippen LogP) is 0.544. The van der Waals surface area contributed by atoms with Gasteiger partial charge in [-0.1, -0.05) is 6.07 Å². The van der Waals surface area contributed by atoms with Crippen LogP contribution in [0.3, 0.4) is 0 Å². The number of anilines is 1. The lowest BCUT2D eigenvalue weighted by molar-refractivity contribution is -0.129. The van der Waals surface area contributed by atoms with Gasteiger partial charge in [-0.3, -0.25) is 14.5 Å². The standard InChI is InChI=1S/C15H19N3O5/c1-17(10-14(20)18-6-7-23-15(18)21)9-13(19)16-11-4-3-5-12(8-11)22-2/h3-5,8H,6-7,9-10H2,1-2H3,(H,16,19). The summed E-state index contributed by atoms with van der Waals surface area (Å²) in [4.78, 5) is 37.8. The third-order valence-electron chi connectivity index (χ3n) is 3.23. The Hall–Kier alpha value is -2.61. The largest absolute Gasteiger partial charge is 0.497 e. The van der Waals surface area contributed by atoms with Gasteiger partial charge in [0.2, 0.25) is 11.8 Å². The van der Waals surface area contributed by atoms with Gasteiger partial charge in [-0.25, -0.2) is 9.69 Å². The van der Waals surface area contributed by atoms with Crippen molar-refractivity contribution in [2.24, 2.45) is 0 Å². The molecule has 1 aromatic carbocycles. The highest BCUT2D eigenvalue weighted by Crippen LogP contribution is 2.16. The number of cyclic esters (lactones) is 1. The first-order chi connectivity index (χ1) is 11.0. The molecule has 1 aromatic rings. The summed E-state index contributed by atoms with van der Waals surface area (Å²) in [5.74, 6) is -0.0133. The summed E-state index contributed by atoms with van der Waals surface area (Å²) in [7, 11) is 3.17. The summed E-state index contributed by atoms with van der Waals surface area (Å²) in [5, 5.41) is 2.72. The van der Waals surface area contributed by atoms with E-state index in [0.717, 1.165) is 4.90 Å². The molecule has 0 aliphatic carbocycles. The van der Waals surface area contributed by atoms with E-state index in [9.17, 15) is 14.4 Å². The number of carbonyl (C=O) groups is 3. The van der Waals surface area contributed by atoms with Gasteiger partial charge < -0.3 is 14.8 Å². The van der Waals surface area contributed by atoms with Gasteiger partial charge in [-0.2, -0.15) is 0 Å². The summed E-state index contributed by atoms with van der Waals surface area (Å²) in [5.41, 5.74) is 0.609. The van der Waals surface area contributed by atoms with Crippen LogP contribution >= 0.6 is 0 Å². The van der Waals surface area contributed by atoms with Crippen molar-refractivity contribution in [3.63, 3.8) is 0 Å². The molecule has 0 aromatic heterocycles. The van der Waals surface area contributed by atoms with Crippen molar-refractivity contribution in [2.45, 2.75) is 0 Å². The number of nitrogens with zero attached hydrogens (tertiary/aromatic N) is 2. The van der Waals surface area contributed by atoms with E-state index in [0.29, 0.717) is 11.4 Å². The highest BCUT2D eigenvalue weighted by Gasteiger charge is 2.28. The molecule has 1 aliphatic heterocycles. The van der Waals surface area contributed by atoms with E-state index in [4.69, 9.17) is 9.47 Å². The fraction of sp³-hybridized carbons (Fsp3) is 0.400. The van der Waals surface area contributed by atoms with E-state index in [1.807, 2.05) is 0 Å². The number of methoxy groups -OCH3 is 1. The smallest absolute Gasteiger partial charge is 0.416 e. The van der Waals surface area contributed by atoms with Crippen molar-refractivity contribution in [3.05, 3.63) is 24.3 Å². The minimum absolute atomic E-state index is 0.0197. The zero-order chi connectivity index (χ0) is 16.8. The number of nitrogens with one attached hydrogen (secondary N) is 1. The Balaban J connectivity index is 1.82. The summed E-state index contributed by atoms with van der Waals surface area (Å²) >= 11 is 0. The fourth-order valence-corrected chi connectivity index (χ4v) is 2.14. The van der Waals surface area contributed by atoms with Crippen LogP contribution in [-0.2, 0) is 14.3 Å². The van der Waals surface area contributed by atoms with Gasteiger partial charge in [0.15, 0.2) is 0 Å². The third-order valence-corrected chi connectivity index (χ3v) is 3.23. The third kappa shape index (κ3) is 4.68. The van der Waals surface area contributed by atoms with Crippen LogP contribution in [0.1, 0.15) is 0 Å². The zero-order valence-electron chi connectivity index (χ0n) is 13.1. The van der Waals surface area contributed by atoms with Crippen LogP contribution in [0.15, 0.2) is 24.3 Å². The Morgan fingerprint density at radius 2 is 2.17 bits per heavy atom. The first-order valence-corrected chi connectivity index (χ1v) is 7.09. The van der Waals surface area contributed by atoms with Gasteiger partial charge in [-0.15, -0.1) is 0 Å². The molecular formula is C15H19N3O5. The molecule has 0 atom stereocenters. The molecule has 1 N–H and O–H groups in total. The number of rotatable bonds is 6. The van der Waals surface area contributed by atoms with Gasteiger partial charge in [0.05, 0.1) is 26.7 Å². The first kappa shape index (κ1) is 16.8. The van der Waals surface area contributed by atoms with Crippen LogP contribution in [0.4, 0.5) is 10.5 Å². The van der Waals surface area contributed by atoms with Crippen molar-refractivity contribution < 1.29 is 23.9 Å². The van der Waals surface area contributed by atoms with E-state index in [1.165, 1.54) is 4.90 Å². The SMILES string of the molecule is COc1cccc(NC(=O)CN(C)CC(=O)N2CCOC2=O)c1. The van der Waals surface area contributed by atoms with Crippen molar-refractivity contribution in [2.75, 3.05) is 45.7 Å². The second-order valence-electron chi connectivity index (χ2n) is 5.11. The van der Waals surface area contributed by atoms with Gasteiger partial charge in [0.1, 0.15) is 12.4 Å². The lowest BCUT2D eigenvalue weighted by Crippen LogP contribution is -2.41. The normalized spacial score (nSPS) is 13.9. The molecule has 8 heteroatoms. The average molecular weight is 321 g/mol. The van der Waals surface area contributed by atoms with Crippen molar-refractivity contribution in [3.8, 4) is 5.75 Å². The van der Waals surface area contributed by atoms with Gasteiger partial charge in [-0.05, 0) is 19.2 Å². The molecule has 124 valence electrons. The van der Waals surface area contributed by atoms with Crippen LogP contribution in [0.5, 0.6) is 5.75 Å². The average Bonchev–Trinajstić information content (AvgIpc) is 2.93. The maximum atomic E-state index is 12.0. The quantitative estimate of drug-likeness (QED) is 0.823. The minimum atomic E-state index is -0.635. The van der Waals surface area contributed by atoms with Crippen molar-refractivity contribution in [1.29, 1.82) is 0 Å². The molecule has 1 fully saturated rings. The summed E-state index contributed by atoms with van der Waals surface area (Å²) < 4.78 is 9.79. The predicted molar refractivity (Wildman–Crippen MR) is 82.2 cm³/mol. The lowest BCUT2D eigenvalue weighted by Gasteiger charge is -2.18. The van der Waals surface area contributed by atoms with E-state index in [2.05, 4.69) is 5.32 Å². The number of benzene rings is 1. The van der Waals surface area contributed by atoms with Gasteiger partial charge in [0.25, 0.3) is 0 Å². The van der Waals surface area contributed by atoms with Crippen LogP contribution < -0.4 is 10.1 Å². The van der Waals surface area contributed by atoms with Crippen molar-refractivity contribution >= 4 is 23.6 Å². The molecule has 0 unspecified atom stereocenters.